The summed E-state index contributed by atoms with van der Waals surface area (Å²) in [7, 11) is 0. The molecule has 0 spiro atoms. The number of nitrogens with one attached hydrogen (secondary N) is 1. The second-order valence-corrected chi connectivity index (χ2v) is 5.60. The summed E-state index contributed by atoms with van der Waals surface area (Å²) in [6.07, 6.45) is 4.87. The Morgan fingerprint density at radius 2 is 2.00 bits per heavy atom. The Morgan fingerprint density at radius 3 is 2.52 bits per heavy atom. The van der Waals surface area contributed by atoms with Crippen molar-refractivity contribution in [2.24, 2.45) is 5.92 Å². The number of aromatic nitrogens is 1. The standard InChI is InChI=1S/C15H26N2OS.C2H6/c1-4-7-17(11-12(3)5-2)14-9-13(6-8-19)10-16-15(14)18;1-2/h9-10,12,19H,4-8,11H2,1-3H3,(H,16,18);1-2H3. The van der Waals surface area contributed by atoms with Crippen LogP contribution in [-0.4, -0.2) is 23.8 Å². The maximum Gasteiger partial charge on any atom is 0.271 e. The van der Waals surface area contributed by atoms with Gasteiger partial charge in [0.05, 0.1) is 0 Å². The molecule has 1 heterocycles. The molecule has 0 aromatic carbocycles. The molecule has 1 aromatic rings. The fourth-order valence-corrected chi connectivity index (χ4v) is 2.37. The van der Waals surface area contributed by atoms with Gasteiger partial charge in [-0.1, -0.05) is 41.0 Å². The zero-order valence-corrected chi connectivity index (χ0v) is 15.2. The lowest BCUT2D eigenvalue weighted by Crippen LogP contribution is -2.33. The fourth-order valence-electron chi connectivity index (χ4n) is 2.11. The Hall–Kier alpha value is -0.900. The lowest BCUT2D eigenvalue weighted by atomic mass is 10.1. The third-order valence-electron chi connectivity index (χ3n) is 3.41. The molecule has 0 saturated heterocycles. The zero-order chi connectivity index (χ0) is 16.3. The largest absolute Gasteiger partial charge is 0.367 e. The normalized spacial score (nSPS) is 11.5. The van der Waals surface area contributed by atoms with Crippen molar-refractivity contribution < 1.29 is 0 Å². The first kappa shape index (κ1) is 20.1. The highest BCUT2D eigenvalue weighted by Crippen LogP contribution is 2.15. The van der Waals surface area contributed by atoms with Gasteiger partial charge in [-0.3, -0.25) is 4.79 Å². The van der Waals surface area contributed by atoms with Crippen LogP contribution in [0.4, 0.5) is 5.69 Å². The van der Waals surface area contributed by atoms with Gasteiger partial charge in [-0.05, 0) is 36.1 Å². The summed E-state index contributed by atoms with van der Waals surface area (Å²) < 4.78 is 0. The quantitative estimate of drug-likeness (QED) is 0.708. The third kappa shape index (κ3) is 7.07. The molecule has 21 heavy (non-hydrogen) atoms. The van der Waals surface area contributed by atoms with E-state index in [4.69, 9.17) is 0 Å². The van der Waals surface area contributed by atoms with Crippen molar-refractivity contribution in [3.63, 3.8) is 0 Å². The number of rotatable bonds is 8. The number of pyridine rings is 1. The number of hydrogen-bond donors (Lipinski definition) is 2. The molecule has 0 aliphatic carbocycles. The van der Waals surface area contributed by atoms with Crippen molar-refractivity contribution in [2.75, 3.05) is 23.7 Å². The molecular weight excluding hydrogens is 280 g/mol. The van der Waals surface area contributed by atoms with Gasteiger partial charge in [-0.2, -0.15) is 12.6 Å². The van der Waals surface area contributed by atoms with Gasteiger partial charge in [0.1, 0.15) is 5.69 Å². The molecule has 1 aromatic heterocycles. The van der Waals surface area contributed by atoms with E-state index in [0.29, 0.717) is 5.92 Å². The summed E-state index contributed by atoms with van der Waals surface area (Å²) in [4.78, 5) is 17.1. The summed E-state index contributed by atoms with van der Waals surface area (Å²) in [5.41, 5.74) is 1.97. The van der Waals surface area contributed by atoms with Gasteiger partial charge in [0, 0.05) is 19.3 Å². The summed E-state index contributed by atoms with van der Waals surface area (Å²) in [5, 5.41) is 0. The van der Waals surface area contributed by atoms with E-state index < -0.39 is 0 Å². The number of thiol groups is 1. The minimum atomic E-state index is 0.0136. The SMILES string of the molecule is CC.CCCN(CC(C)CC)c1cc(CCS)c[nH]c1=O. The van der Waals surface area contributed by atoms with Crippen LogP contribution in [-0.2, 0) is 6.42 Å². The first-order chi connectivity index (χ1) is 10.1. The van der Waals surface area contributed by atoms with Gasteiger partial charge in [0.15, 0.2) is 0 Å². The summed E-state index contributed by atoms with van der Waals surface area (Å²) in [6.45, 7) is 12.4. The smallest absolute Gasteiger partial charge is 0.271 e. The molecule has 0 aliphatic rings. The van der Waals surface area contributed by atoms with Gasteiger partial charge in [0.2, 0.25) is 0 Å². The minimum absolute atomic E-state index is 0.0136. The van der Waals surface area contributed by atoms with Crippen LogP contribution in [0.3, 0.4) is 0 Å². The Kier molecular flexibility index (Phi) is 11.2. The Labute approximate surface area is 135 Å². The van der Waals surface area contributed by atoms with Crippen molar-refractivity contribution in [3.8, 4) is 0 Å². The Morgan fingerprint density at radius 1 is 1.33 bits per heavy atom. The second kappa shape index (κ2) is 11.7. The van der Waals surface area contributed by atoms with Gasteiger partial charge in [0.25, 0.3) is 5.56 Å². The number of nitrogens with zero attached hydrogens (tertiary/aromatic N) is 1. The molecule has 0 bridgehead atoms. The van der Waals surface area contributed by atoms with Crippen LogP contribution < -0.4 is 10.5 Å². The van der Waals surface area contributed by atoms with Gasteiger partial charge >= 0.3 is 0 Å². The van der Waals surface area contributed by atoms with E-state index in [-0.39, 0.29) is 5.56 Å². The van der Waals surface area contributed by atoms with Crippen molar-refractivity contribution in [2.45, 2.75) is 53.9 Å². The lowest BCUT2D eigenvalue weighted by Gasteiger charge is -2.26. The molecule has 122 valence electrons. The predicted molar refractivity (Wildman–Crippen MR) is 97.9 cm³/mol. The van der Waals surface area contributed by atoms with E-state index in [9.17, 15) is 4.79 Å². The third-order valence-corrected chi connectivity index (χ3v) is 3.63. The number of H-pyrrole nitrogens is 1. The van der Waals surface area contributed by atoms with E-state index in [2.05, 4.69) is 43.3 Å². The van der Waals surface area contributed by atoms with Crippen LogP contribution in [0.5, 0.6) is 0 Å². The highest BCUT2D eigenvalue weighted by atomic mass is 32.1. The first-order valence-corrected chi connectivity index (χ1v) is 8.83. The number of hydrogen-bond acceptors (Lipinski definition) is 3. The molecule has 0 saturated carbocycles. The summed E-state index contributed by atoms with van der Waals surface area (Å²) in [6, 6.07) is 2.02. The van der Waals surface area contributed by atoms with E-state index >= 15 is 0 Å². The molecule has 3 nitrogen and oxygen atoms in total. The van der Waals surface area contributed by atoms with Crippen molar-refractivity contribution in [3.05, 3.63) is 28.2 Å². The monoisotopic (exact) mass is 312 g/mol. The molecule has 0 amide bonds. The minimum Gasteiger partial charge on any atom is -0.367 e. The van der Waals surface area contributed by atoms with E-state index in [1.54, 1.807) is 6.20 Å². The van der Waals surface area contributed by atoms with Crippen LogP contribution >= 0.6 is 12.6 Å². The number of aromatic amines is 1. The average molecular weight is 313 g/mol. The Balaban J connectivity index is 0.00000191. The first-order valence-electron chi connectivity index (χ1n) is 8.19. The highest BCUT2D eigenvalue weighted by Gasteiger charge is 2.13. The molecule has 1 rings (SSSR count). The van der Waals surface area contributed by atoms with Gasteiger partial charge in [-0.15, -0.1) is 0 Å². The van der Waals surface area contributed by atoms with Gasteiger partial charge < -0.3 is 9.88 Å². The molecular formula is C17H32N2OS. The summed E-state index contributed by atoms with van der Waals surface area (Å²) in [5.74, 6) is 1.39. The van der Waals surface area contributed by atoms with E-state index in [1.165, 1.54) is 0 Å². The van der Waals surface area contributed by atoms with E-state index in [1.807, 2.05) is 19.9 Å². The molecule has 0 fully saturated rings. The van der Waals surface area contributed by atoms with Crippen LogP contribution in [0.1, 0.15) is 53.0 Å². The topological polar surface area (TPSA) is 36.1 Å². The molecule has 1 unspecified atom stereocenters. The van der Waals surface area contributed by atoms with Crippen molar-refractivity contribution >= 4 is 18.3 Å². The zero-order valence-electron chi connectivity index (χ0n) is 14.3. The average Bonchev–Trinajstić information content (AvgIpc) is 2.51. The van der Waals surface area contributed by atoms with Crippen LogP contribution in [0, 0.1) is 5.92 Å². The van der Waals surface area contributed by atoms with Gasteiger partial charge in [-0.25, -0.2) is 0 Å². The molecule has 0 radical (unpaired) electrons. The lowest BCUT2D eigenvalue weighted by molar-refractivity contribution is 0.540. The number of aryl methyl sites for hydroxylation is 1. The molecule has 1 N–H and O–H groups in total. The summed E-state index contributed by atoms with van der Waals surface area (Å²) >= 11 is 4.25. The maximum atomic E-state index is 12.0. The van der Waals surface area contributed by atoms with Crippen molar-refractivity contribution in [1.29, 1.82) is 0 Å². The molecule has 0 aliphatic heterocycles. The predicted octanol–water partition coefficient (Wildman–Crippen LogP) is 4.14. The van der Waals surface area contributed by atoms with Crippen molar-refractivity contribution in [1.82, 2.24) is 4.98 Å². The van der Waals surface area contributed by atoms with Crippen LogP contribution in [0.15, 0.2) is 17.1 Å². The Bertz CT molecular complexity index is 431. The highest BCUT2D eigenvalue weighted by molar-refractivity contribution is 7.80. The molecule has 1 atom stereocenters. The van der Waals surface area contributed by atoms with Crippen LogP contribution in [0.25, 0.3) is 0 Å². The second-order valence-electron chi connectivity index (χ2n) is 5.16. The number of anilines is 1. The van der Waals surface area contributed by atoms with Crippen LogP contribution in [0.2, 0.25) is 0 Å². The molecule has 4 heteroatoms. The van der Waals surface area contributed by atoms with E-state index in [0.717, 1.165) is 49.4 Å². The maximum absolute atomic E-state index is 12.0. The fraction of sp³-hybridized carbons (Fsp3) is 0.706.